The molecule has 166 valence electrons. The standard InChI is InChI=1S/C22H21ClN4O3S2/c1-13-6-7-16(9-17(13)23)26(22-25-18-11-32(29,30)12-19(18)31-22)10-15-8-21(28)27-14(2)4-3-5-20(27)24-15/h3-9,18-19H,10-12H2,1-2H3/t18-,19-/m1/s1. The highest BCUT2D eigenvalue weighted by Gasteiger charge is 2.44. The first-order chi connectivity index (χ1) is 15.2. The summed E-state index contributed by atoms with van der Waals surface area (Å²) in [5.74, 6) is 0.207. The second-order valence-corrected chi connectivity index (χ2v) is 11.9. The summed E-state index contributed by atoms with van der Waals surface area (Å²) in [6, 6.07) is 12.6. The number of aliphatic imine (C=N–C) groups is 1. The molecule has 0 bridgehead atoms. The van der Waals surface area contributed by atoms with Crippen molar-refractivity contribution in [2.45, 2.75) is 31.7 Å². The highest BCUT2D eigenvalue weighted by molar-refractivity contribution is 8.15. The van der Waals surface area contributed by atoms with Gasteiger partial charge in [-0.3, -0.25) is 14.2 Å². The van der Waals surface area contributed by atoms with Gasteiger partial charge in [0.25, 0.3) is 5.56 Å². The summed E-state index contributed by atoms with van der Waals surface area (Å²) >= 11 is 7.87. The zero-order valence-electron chi connectivity index (χ0n) is 17.5. The van der Waals surface area contributed by atoms with E-state index in [2.05, 4.69) is 0 Å². The second kappa shape index (κ2) is 7.90. The van der Waals surface area contributed by atoms with E-state index in [4.69, 9.17) is 21.6 Å². The van der Waals surface area contributed by atoms with Crippen LogP contribution in [-0.2, 0) is 16.4 Å². The number of anilines is 1. The number of amidine groups is 1. The zero-order valence-corrected chi connectivity index (χ0v) is 19.9. The average molecular weight is 489 g/mol. The summed E-state index contributed by atoms with van der Waals surface area (Å²) in [5, 5.41) is 1.26. The van der Waals surface area contributed by atoms with Gasteiger partial charge in [0, 0.05) is 27.7 Å². The normalized spacial score (nSPS) is 21.5. The van der Waals surface area contributed by atoms with Crippen molar-refractivity contribution in [3.8, 4) is 0 Å². The number of hydrogen-bond acceptors (Lipinski definition) is 7. The average Bonchev–Trinajstić information content (AvgIpc) is 3.21. The number of fused-ring (bicyclic) bond motifs is 2. The van der Waals surface area contributed by atoms with E-state index in [1.54, 1.807) is 4.40 Å². The van der Waals surface area contributed by atoms with Gasteiger partial charge in [-0.1, -0.05) is 35.5 Å². The van der Waals surface area contributed by atoms with E-state index < -0.39 is 9.84 Å². The predicted octanol–water partition coefficient (Wildman–Crippen LogP) is 3.24. The van der Waals surface area contributed by atoms with Gasteiger partial charge >= 0.3 is 0 Å². The number of hydrogen-bond donors (Lipinski definition) is 0. The molecule has 1 fully saturated rings. The Labute approximate surface area is 195 Å². The van der Waals surface area contributed by atoms with E-state index in [1.807, 2.05) is 55.1 Å². The molecule has 7 nitrogen and oxygen atoms in total. The third-order valence-corrected chi connectivity index (χ3v) is 9.41. The van der Waals surface area contributed by atoms with Crippen LogP contribution >= 0.6 is 23.4 Å². The SMILES string of the molecule is Cc1ccc(N(Cc2cc(=O)n3c(C)cccc3n2)C2=N[C@@H]3CS(=O)(=O)C[C@H]3S2)cc1Cl. The number of thioether (sulfide) groups is 1. The van der Waals surface area contributed by atoms with Crippen LogP contribution in [0.5, 0.6) is 0 Å². The van der Waals surface area contributed by atoms with Crippen LogP contribution in [0.25, 0.3) is 5.65 Å². The van der Waals surface area contributed by atoms with Crippen LogP contribution in [0.3, 0.4) is 0 Å². The minimum atomic E-state index is -3.05. The summed E-state index contributed by atoms with van der Waals surface area (Å²) < 4.78 is 25.6. The van der Waals surface area contributed by atoms with Gasteiger partial charge in [0.1, 0.15) is 5.65 Å². The highest BCUT2D eigenvalue weighted by Crippen LogP contribution is 2.38. The Hall–Kier alpha value is -2.36. The number of sulfone groups is 1. The van der Waals surface area contributed by atoms with E-state index in [9.17, 15) is 13.2 Å². The zero-order chi connectivity index (χ0) is 22.6. The Morgan fingerprint density at radius 1 is 1.19 bits per heavy atom. The van der Waals surface area contributed by atoms with Gasteiger partial charge in [0.2, 0.25) is 0 Å². The summed E-state index contributed by atoms with van der Waals surface area (Å²) in [6.07, 6.45) is 0. The monoisotopic (exact) mass is 488 g/mol. The van der Waals surface area contributed by atoms with Crippen molar-refractivity contribution in [1.82, 2.24) is 9.38 Å². The number of pyridine rings is 1. The summed E-state index contributed by atoms with van der Waals surface area (Å²) in [4.78, 5) is 24.2. The summed E-state index contributed by atoms with van der Waals surface area (Å²) in [5.41, 5.74) is 3.63. The van der Waals surface area contributed by atoms with E-state index in [1.165, 1.54) is 17.8 Å². The third-order valence-electron chi connectivity index (χ3n) is 5.76. The molecule has 2 aliphatic heterocycles. The van der Waals surface area contributed by atoms with Crippen LogP contribution in [0.4, 0.5) is 5.69 Å². The maximum Gasteiger partial charge on any atom is 0.258 e. The Balaban J connectivity index is 1.56. The first kappa shape index (κ1) is 21.5. The first-order valence-electron chi connectivity index (χ1n) is 10.2. The van der Waals surface area contributed by atoms with Crippen LogP contribution in [0.1, 0.15) is 17.0 Å². The molecule has 10 heteroatoms. The molecular formula is C22H21ClN4O3S2. The molecule has 0 spiro atoms. The lowest BCUT2D eigenvalue weighted by atomic mass is 10.2. The molecule has 0 radical (unpaired) electrons. The van der Waals surface area contributed by atoms with Crippen LogP contribution in [0.2, 0.25) is 5.02 Å². The van der Waals surface area contributed by atoms with Crippen molar-refractivity contribution in [1.29, 1.82) is 0 Å². The van der Waals surface area contributed by atoms with E-state index >= 15 is 0 Å². The smallest absolute Gasteiger partial charge is 0.258 e. The van der Waals surface area contributed by atoms with Crippen molar-refractivity contribution in [3.63, 3.8) is 0 Å². The summed E-state index contributed by atoms with van der Waals surface area (Å²) in [7, 11) is -3.05. The molecule has 5 rings (SSSR count). The molecule has 0 unspecified atom stereocenters. The van der Waals surface area contributed by atoms with Crippen molar-refractivity contribution in [3.05, 3.63) is 74.8 Å². The van der Waals surface area contributed by atoms with E-state index in [-0.39, 0.29) is 28.4 Å². The maximum atomic E-state index is 12.8. The minimum absolute atomic E-state index is 0.0749. The molecule has 0 amide bonds. The molecule has 32 heavy (non-hydrogen) atoms. The van der Waals surface area contributed by atoms with Crippen molar-refractivity contribution < 1.29 is 8.42 Å². The minimum Gasteiger partial charge on any atom is -0.315 e. The maximum absolute atomic E-state index is 12.8. The highest BCUT2D eigenvalue weighted by atomic mass is 35.5. The van der Waals surface area contributed by atoms with Crippen molar-refractivity contribution >= 4 is 49.7 Å². The molecule has 3 aromatic rings. The molecule has 0 N–H and O–H groups in total. The van der Waals surface area contributed by atoms with Gasteiger partial charge in [-0.15, -0.1) is 0 Å². The first-order valence-corrected chi connectivity index (χ1v) is 13.2. The Kier molecular flexibility index (Phi) is 5.30. The topological polar surface area (TPSA) is 84.1 Å². The number of halogens is 1. The van der Waals surface area contributed by atoms with Crippen molar-refractivity contribution in [2.24, 2.45) is 4.99 Å². The fourth-order valence-electron chi connectivity index (χ4n) is 4.10. The van der Waals surface area contributed by atoms with Gasteiger partial charge in [-0.25, -0.2) is 13.4 Å². The molecule has 4 heterocycles. The molecule has 0 aliphatic carbocycles. The molecule has 1 aromatic carbocycles. The molecule has 2 aliphatic rings. The lowest BCUT2D eigenvalue weighted by molar-refractivity contribution is 0.601. The van der Waals surface area contributed by atoms with Crippen LogP contribution in [0.15, 0.2) is 52.3 Å². The second-order valence-electron chi connectivity index (χ2n) is 8.18. The fourth-order valence-corrected chi connectivity index (χ4v) is 8.05. The Morgan fingerprint density at radius 2 is 2.00 bits per heavy atom. The van der Waals surface area contributed by atoms with Gasteiger partial charge in [0.05, 0.1) is 29.8 Å². The number of rotatable bonds is 3. The van der Waals surface area contributed by atoms with Crippen LogP contribution < -0.4 is 10.5 Å². The fraction of sp³-hybridized carbons (Fsp3) is 0.318. The lowest BCUT2D eigenvalue weighted by Crippen LogP contribution is -2.30. The molecule has 2 atom stereocenters. The largest absolute Gasteiger partial charge is 0.315 e. The van der Waals surface area contributed by atoms with Gasteiger partial charge in [-0.05, 0) is 43.7 Å². The number of aryl methyl sites for hydroxylation is 2. The number of benzene rings is 1. The summed E-state index contributed by atoms with van der Waals surface area (Å²) in [6.45, 7) is 4.12. The van der Waals surface area contributed by atoms with Gasteiger partial charge in [-0.2, -0.15) is 0 Å². The van der Waals surface area contributed by atoms with Crippen LogP contribution in [0, 0.1) is 13.8 Å². The van der Waals surface area contributed by atoms with Gasteiger partial charge < -0.3 is 4.90 Å². The third kappa shape index (κ3) is 3.93. The predicted molar refractivity (Wildman–Crippen MR) is 130 cm³/mol. The Morgan fingerprint density at radius 3 is 2.75 bits per heavy atom. The quantitative estimate of drug-likeness (QED) is 0.562. The molecule has 2 aromatic heterocycles. The molecule has 0 saturated carbocycles. The lowest BCUT2D eigenvalue weighted by Gasteiger charge is -2.25. The number of aromatic nitrogens is 2. The van der Waals surface area contributed by atoms with E-state index in [0.717, 1.165) is 22.1 Å². The number of nitrogens with zero attached hydrogens (tertiary/aromatic N) is 4. The molecular weight excluding hydrogens is 468 g/mol. The van der Waals surface area contributed by atoms with Crippen molar-refractivity contribution in [2.75, 3.05) is 16.4 Å². The Bertz CT molecular complexity index is 1430. The van der Waals surface area contributed by atoms with Gasteiger partial charge in [0.15, 0.2) is 15.0 Å². The molecule has 1 saturated heterocycles. The van der Waals surface area contributed by atoms with E-state index in [0.29, 0.717) is 22.9 Å². The van der Waals surface area contributed by atoms with Crippen LogP contribution in [-0.4, -0.2) is 45.8 Å².